The number of carbonyl (C=O) groups excluding carboxylic acids is 1. The van der Waals surface area contributed by atoms with Gasteiger partial charge in [-0.25, -0.2) is 4.98 Å². The van der Waals surface area contributed by atoms with Gasteiger partial charge < -0.3 is 15.1 Å². The number of nitrogens with zero attached hydrogens (tertiary/aromatic N) is 1. The van der Waals surface area contributed by atoms with Gasteiger partial charge in [-0.05, 0) is 45.4 Å². The summed E-state index contributed by atoms with van der Waals surface area (Å²) in [5.74, 6) is 1.27. The summed E-state index contributed by atoms with van der Waals surface area (Å²) in [6.45, 7) is 4.99. The van der Waals surface area contributed by atoms with Crippen LogP contribution in [0.5, 0.6) is 0 Å². The SMILES string of the molecule is Cc1oc(-c2ccccc2)nc1CC(=O)NC1CCCNC1C. The number of hydrogen-bond donors (Lipinski definition) is 2. The van der Waals surface area contributed by atoms with Crippen LogP contribution in [0.4, 0.5) is 0 Å². The molecule has 0 radical (unpaired) electrons. The summed E-state index contributed by atoms with van der Waals surface area (Å²) in [6.07, 6.45) is 2.37. The smallest absolute Gasteiger partial charge is 0.226 e. The molecule has 1 fully saturated rings. The standard InChI is InChI=1S/C18H23N3O2/c1-12-15(9-6-10-19-12)20-17(22)11-16-13(2)23-18(21-16)14-7-4-3-5-8-14/h3-5,7-8,12,15,19H,6,9-11H2,1-2H3,(H,20,22). The summed E-state index contributed by atoms with van der Waals surface area (Å²) in [7, 11) is 0. The molecule has 23 heavy (non-hydrogen) atoms. The van der Waals surface area contributed by atoms with Crippen molar-refractivity contribution in [3.8, 4) is 11.5 Å². The Labute approximate surface area is 136 Å². The average Bonchev–Trinajstić information content (AvgIpc) is 2.91. The number of nitrogens with one attached hydrogen (secondary N) is 2. The number of rotatable bonds is 4. The molecule has 2 unspecified atom stereocenters. The molecule has 2 N–H and O–H groups in total. The Balaban J connectivity index is 1.66. The summed E-state index contributed by atoms with van der Waals surface area (Å²) in [6, 6.07) is 10.2. The largest absolute Gasteiger partial charge is 0.441 e. The number of amides is 1. The van der Waals surface area contributed by atoms with Gasteiger partial charge in [-0.15, -0.1) is 0 Å². The van der Waals surface area contributed by atoms with Crippen LogP contribution in [-0.4, -0.2) is 29.5 Å². The molecule has 122 valence electrons. The van der Waals surface area contributed by atoms with E-state index in [4.69, 9.17) is 4.42 Å². The minimum Gasteiger partial charge on any atom is -0.441 e. The number of benzene rings is 1. The van der Waals surface area contributed by atoms with Crippen molar-refractivity contribution < 1.29 is 9.21 Å². The lowest BCUT2D eigenvalue weighted by Gasteiger charge is -2.30. The van der Waals surface area contributed by atoms with Crippen molar-refractivity contribution in [2.75, 3.05) is 6.54 Å². The van der Waals surface area contributed by atoms with Crippen molar-refractivity contribution in [3.63, 3.8) is 0 Å². The van der Waals surface area contributed by atoms with Crippen LogP contribution in [0.15, 0.2) is 34.7 Å². The maximum Gasteiger partial charge on any atom is 0.226 e. The highest BCUT2D eigenvalue weighted by atomic mass is 16.4. The zero-order chi connectivity index (χ0) is 16.2. The van der Waals surface area contributed by atoms with Gasteiger partial charge in [-0.1, -0.05) is 18.2 Å². The lowest BCUT2D eigenvalue weighted by Crippen LogP contribution is -2.52. The van der Waals surface area contributed by atoms with Crippen molar-refractivity contribution in [1.29, 1.82) is 0 Å². The fourth-order valence-corrected chi connectivity index (χ4v) is 2.95. The average molecular weight is 313 g/mol. The number of carbonyl (C=O) groups is 1. The first-order chi connectivity index (χ1) is 11.1. The van der Waals surface area contributed by atoms with E-state index in [1.807, 2.05) is 37.3 Å². The third-order valence-electron chi connectivity index (χ3n) is 4.35. The third-order valence-corrected chi connectivity index (χ3v) is 4.35. The first-order valence-corrected chi connectivity index (χ1v) is 8.18. The molecule has 1 aliphatic rings. The minimum atomic E-state index is 0.00145. The van der Waals surface area contributed by atoms with E-state index < -0.39 is 0 Å². The van der Waals surface area contributed by atoms with Crippen LogP contribution in [0, 0.1) is 6.92 Å². The summed E-state index contributed by atoms with van der Waals surface area (Å²) in [4.78, 5) is 16.8. The van der Waals surface area contributed by atoms with Crippen molar-refractivity contribution in [3.05, 3.63) is 41.8 Å². The molecule has 5 heteroatoms. The van der Waals surface area contributed by atoms with Crippen LogP contribution >= 0.6 is 0 Å². The van der Waals surface area contributed by atoms with Crippen molar-refractivity contribution >= 4 is 5.91 Å². The first kappa shape index (κ1) is 15.7. The third kappa shape index (κ3) is 3.79. The summed E-state index contributed by atoms with van der Waals surface area (Å²) in [5.41, 5.74) is 1.63. The Morgan fingerprint density at radius 1 is 1.39 bits per heavy atom. The van der Waals surface area contributed by atoms with Gasteiger partial charge in [0.15, 0.2) is 0 Å². The quantitative estimate of drug-likeness (QED) is 0.910. The zero-order valence-electron chi connectivity index (χ0n) is 13.6. The molecule has 2 heterocycles. The molecule has 1 amide bonds. The second kappa shape index (κ2) is 6.96. The van der Waals surface area contributed by atoms with E-state index in [0.29, 0.717) is 23.4 Å². The van der Waals surface area contributed by atoms with Crippen LogP contribution in [0.3, 0.4) is 0 Å². The van der Waals surface area contributed by atoms with Gasteiger partial charge in [0, 0.05) is 17.6 Å². The second-order valence-electron chi connectivity index (χ2n) is 6.12. The van der Waals surface area contributed by atoms with Crippen molar-refractivity contribution in [2.24, 2.45) is 0 Å². The topological polar surface area (TPSA) is 67.2 Å². The minimum absolute atomic E-state index is 0.00145. The van der Waals surface area contributed by atoms with E-state index in [1.165, 1.54) is 0 Å². The summed E-state index contributed by atoms with van der Waals surface area (Å²) < 4.78 is 5.71. The molecule has 0 spiro atoms. The van der Waals surface area contributed by atoms with Gasteiger partial charge in [0.2, 0.25) is 11.8 Å². The van der Waals surface area contributed by atoms with E-state index in [1.54, 1.807) is 0 Å². The van der Waals surface area contributed by atoms with Gasteiger partial charge in [-0.2, -0.15) is 0 Å². The van der Waals surface area contributed by atoms with Crippen LogP contribution in [0.1, 0.15) is 31.2 Å². The Kier molecular flexibility index (Phi) is 4.76. The van der Waals surface area contributed by atoms with Gasteiger partial charge in [-0.3, -0.25) is 4.79 Å². The molecule has 1 aromatic carbocycles. The van der Waals surface area contributed by atoms with Crippen molar-refractivity contribution in [1.82, 2.24) is 15.6 Å². The fourth-order valence-electron chi connectivity index (χ4n) is 2.95. The Hall–Kier alpha value is -2.14. The van der Waals surface area contributed by atoms with E-state index in [2.05, 4.69) is 22.5 Å². The molecule has 0 saturated carbocycles. The number of aromatic nitrogens is 1. The number of piperidine rings is 1. The molecule has 5 nitrogen and oxygen atoms in total. The Morgan fingerprint density at radius 2 is 2.17 bits per heavy atom. The molecule has 1 aliphatic heterocycles. The molecule has 0 aliphatic carbocycles. The normalized spacial score (nSPS) is 21.1. The number of aryl methyl sites for hydroxylation is 1. The molecule has 0 bridgehead atoms. The summed E-state index contributed by atoms with van der Waals surface area (Å²) in [5, 5.41) is 6.50. The predicted octanol–water partition coefficient (Wildman–Crippen LogP) is 2.45. The van der Waals surface area contributed by atoms with Crippen LogP contribution in [0.2, 0.25) is 0 Å². The molecule has 2 atom stereocenters. The number of hydrogen-bond acceptors (Lipinski definition) is 4. The molecule has 2 aromatic rings. The maximum atomic E-state index is 12.3. The van der Waals surface area contributed by atoms with Crippen molar-refractivity contribution in [2.45, 2.75) is 45.2 Å². The molecule has 1 aromatic heterocycles. The number of oxazole rings is 1. The van der Waals surface area contributed by atoms with Gasteiger partial charge >= 0.3 is 0 Å². The lowest BCUT2D eigenvalue weighted by atomic mass is 9.99. The fraction of sp³-hybridized carbons (Fsp3) is 0.444. The molecule has 1 saturated heterocycles. The highest BCUT2D eigenvalue weighted by Gasteiger charge is 2.23. The van der Waals surface area contributed by atoms with E-state index >= 15 is 0 Å². The Morgan fingerprint density at radius 3 is 2.91 bits per heavy atom. The molecular weight excluding hydrogens is 290 g/mol. The first-order valence-electron chi connectivity index (χ1n) is 8.18. The molecular formula is C18H23N3O2. The monoisotopic (exact) mass is 313 g/mol. The lowest BCUT2D eigenvalue weighted by molar-refractivity contribution is -0.121. The Bertz CT molecular complexity index is 666. The van der Waals surface area contributed by atoms with Gasteiger partial charge in [0.25, 0.3) is 0 Å². The highest BCUT2D eigenvalue weighted by molar-refractivity contribution is 5.79. The maximum absolute atomic E-state index is 12.3. The van der Waals surface area contributed by atoms with Crippen LogP contribution in [0.25, 0.3) is 11.5 Å². The van der Waals surface area contributed by atoms with E-state index in [-0.39, 0.29) is 18.4 Å². The molecule has 3 rings (SSSR count). The van der Waals surface area contributed by atoms with E-state index in [0.717, 1.165) is 24.9 Å². The summed E-state index contributed by atoms with van der Waals surface area (Å²) >= 11 is 0. The van der Waals surface area contributed by atoms with Gasteiger partial charge in [0.1, 0.15) is 5.76 Å². The van der Waals surface area contributed by atoms with Crippen LogP contribution in [-0.2, 0) is 11.2 Å². The highest BCUT2D eigenvalue weighted by Crippen LogP contribution is 2.21. The zero-order valence-corrected chi connectivity index (χ0v) is 13.6. The van der Waals surface area contributed by atoms with Crippen LogP contribution < -0.4 is 10.6 Å². The predicted molar refractivity (Wildman–Crippen MR) is 89.0 cm³/mol. The van der Waals surface area contributed by atoms with Gasteiger partial charge in [0.05, 0.1) is 12.1 Å². The van der Waals surface area contributed by atoms with E-state index in [9.17, 15) is 4.79 Å². The second-order valence-corrected chi connectivity index (χ2v) is 6.12.